The van der Waals surface area contributed by atoms with Gasteiger partial charge in [-0.25, -0.2) is 9.97 Å². The maximum Gasteiger partial charge on any atom is 0.167 e. The quantitative estimate of drug-likeness (QED) is 0.611. The van der Waals surface area contributed by atoms with E-state index in [-0.39, 0.29) is 10.5 Å². The summed E-state index contributed by atoms with van der Waals surface area (Å²) < 4.78 is -0.208. The first-order chi connectivity index (χ1) is 9.46. The van der Waals surface area contributed by atoms with Crippen LogP contribution in [-0.4, -0.2) is 20.5 Å². The number of ketones is 1. The van der Waals surface area contributed by atoms with Crippen molar-refractivity contribution < 1.29 is 4.79 Å². The molecule has 0 saturated carbocycles. The summed E-state index contributed by atoms with van der Waals surface area (Å²) in [5.74, 6) is 0.0528. The second-order valence-corrected chi connectivity index (χ2v) is 7.26. The molecule has 20 heavy (non-hydrogen) atoms. The Balaban J connectivity index is 2.03. The molecule has 0 aliphatic carbocycles. The molecule has 0 atom stereocenters. The fourth-order valence-electron chi connectivity index (χ4n) is 1.79. The monoisotopic (exact) mass is 306 g/mol. The molecule has 3 nitrogen and oxygen atoms in total. The second kappa shape index (κ2) is 6.37. The smallest absolute Gasteiger partial charge is 0.167 e. The molecule has 0 aliphatic rings. The number of aromatic nitrogens is 2. The Morgan fingerprint density at radius 3 is 2.40 bits per heavy atom. The minimum Gasteiger partial charge on any atom is -0.294 e. The minimum atomic E-state index is -0.208. The van der Waals surface area contributed by atoms with Gasteiger partial charge in [-0.2, -0.15) is 0 Å². The molecule has 2 rings (SSSR count). The molecule has 0 unspecified atom stereocenters. The van der Waals surface area contributed by atoms with Gasteiger partial charge in [0.2, 0.25) is 0 Å². The third-order valence-corrected chi connectivity index (χ3v) is 4.13. The molecular formula is C15H15ClN2OS. The van der Waals surface area contributed by atoms with Crippen LogP contribution in [0.25, 0.3) is 0 Å². The van der Waals surface area contributed by atoms with Crippen LogP contribution >= 0.6 is 23.4 Å². The highest BCUT2D eigenvalue weighted by molar-refractivity contribution is 8.00. The van der Waals surface area contributed by atoms with Gasteiger partial charge in [0.25, 0.3) is 0 Å². The minimum absolute atomic E-state index is 0.0528. The molecule has 0 bridgehead atoms. The summed E-state index contributed by atoms with van der Waals surface area (Å²) >= 11 is 7.53. The molecule has 1 aromatic carbocycles. The number of nitrogens with zero attached hydrogens (tertiary/aromatic N) is 2. The molecule has 0 N–H and O–H groups in total. The van der Waals surface area contributed by atoms with E-state index in [1.807, 2.05) is 38.1 Å². The first kappa shape index (κ1) is 15.0. The zero-order valence-electron chi connectivity index (χ0n) is 11.3. The number of carbonyl (C=O) groups excluding carboxylic acids is 1. The fourth-order valence-corrected chi connectivity index (χ4v) is 3.03. The fraction of sp³-hybridized carbons (Fsp3) is 0.267. The number of rotatable bonds is 5. The highest BCUT2D eigenvalue weighted by Crippen LogP contribution is 2.36. The number of Topliss-reactive ketones (excluding diaryl/α,β-unsaturated/α-hetero) is 1. The lowest BCUT2D eigenvalue weighted by Gasteiger charge is -2.23. The topological polar surface area (TPSA) is 42.9 Å². The van der Waals surface area contributed by atoms with Crippen molar-refractivity contribution in [3.8, 4) is 0 Å². The van der Waals surface area contributed by atoms with Gasteiger partial charge in [-0.3, -0.25) is 4.79 Å². The van der Waals surface area contributed by atoms with Gasteiger partial charge in [-0.1, -0.05) is 11.6 Å². The van der Waals surface area contributed by atoms with E-state index < -0.39 is 0 Å². The molecule has 104 valence electrons. The molecule has 0 aliphatic heterocycles. The van der Waals surface area contributed by atoms with Gasteiger partial charge in [0.1, 0.15) is 6.33 Å². The van der Waals surface area contributed by atoms with Crippen LogP contribution in [0.2, 0.25) is 5.02 Å². The summed E-state index contributed by atoms with van der Waals surface area (Å²) in [5.41, 5.74) is 0.553. The number of hydrogen-bond donors (Lipinski definition) is 0. The van der Waals surface area contributed by atoms with Crippen LogP contribution in [0, 0.1) is 0 Å². The Labute approximate surface area is 127 Å². The summed E-state index contributed by atoms with van der Waals surface area (Å²) in [6.07, 6.45) is 4.95. The van der Waals surface area contributed by atoms with Crippen molar-refractivity contribution in [2.45, 2.75) is 29.9 Å². The number of thioether (sulfide) groups is 1. The second-order valence-electron chi connectivity index (χ2n) is 5.04. The van der Waals surface area contributed by atoms with Crippen LogP contribution in [0.1, 0.15) is 30.6 Å². The van der Waals surface area contributed by atoms with Gasteiger partial charge >= 0.3 is 0 Å². The number of benzene rings is 1. The zero-order chi connectivity index (χ0) is 14.6. The molecule has 0 amide bonds. The lowest BCUT2D eigenvalue weighted by atomic mass is 10.0. The molecule has 1 aromatic heterocycles. The van der Waals surface area contributed by atoms with Crippen LogP contribution in [-0.2, 0) is 0 Å². The lowest BCUT2D eigenvalue weighted by Crippen LogP contribution is -2.20. The summed E-state index contributed by atoms with van der Waals surface area (Å²) in [6, 6.07) is 7.63. The van der Waals surface area contributed by atoms with Crippen molar-refractivity contribution in [2.24, 2.45) is 0 Å². The van der Waals surface area contributed by atoms with E-state index in [9.17, 15) is 4.79 Å². The van der Waals surface area contributed by atoms with Crippen LogP contribution in [0.4, 0.5) is 0 Å². The molecule has 1 heterocycles. The number of halogens is 1. The predicted octanol–water partition coefficient (Wildman–Crippen LogP) is 4.27. The Hall–Kier alpha value is -1.39. The average molecular weight is 307 g/mol. The third kappa shape index (κ3) is 4.32. The first-order valence-corrected chi connectivity index (χ1v) is 7.38. The van der Waals surface area contributed by atoms with Gasteiger partial charge < -0.3 is 0 Å². The summed E-state index contributed by atoms with van der Waals surface area (Å²) in [7, 11) is 0. The Bertz CT molecular complexity index is 585. The average Bonchev–Trinajstić information content (AvgIpc) is 2.41. The Morgan fingerprint density at radius 1 is 1.20 bits per heavy atom. The van der Waals surface area contributed by atoms with E-state index in [1.165, 1.54) is 6.33 Å². The van der Waals surface area contributed by atoms with Crippen molar-refractivity contribution in [2.75, 3.05) is 0 Å². The van der Waals surface area contributed by atoms with E-state index in [0.29, 0.717) is 17.0 Å². The number of carbonyl (C=O) groups is 1. The van der Waals surface area contributed by atoms with E-state index in [0.717, 1.165) is 4.90 Å². The van der Waals surface area contributed by atoms with E-state index >= 15 is 0 Å². The van der Waals surface area contributed by atoms with Crippen molar-refractivity contribution >= 4 is 29.1 Å². The Morgan fingerprint density at radius 2 is 1.80 bits per heavy atom. The summed E-state index contributed by atoms with van der Waals surface area (Å²) in [5, 5.41) is 0.713. The molecular weight excluding hydrogens is 292 g/mol. The SMILES string of the molecule is CC(C)(CC(=O)c1cncnc1)Sc1ccc(Cl)cc1. The maximum absolute atomic E-state index is 12.2. The lowest BCUT2D eigenvalue weighted by molar-refractivity contribution is 0.0973. The van der Waals surface area contributed by atoms with E-state index in [4.69, 9.17) is 11.6 Å². The Kier molecular flexibility index (Phi) is 4.78. The van der Waals surface area contributed by atoms with Gasteiger partial charge in [-0.05, 0) is 38.1 Å². The molecule has 0 spiro atoms. The molecule has 5 heteroatoms. The van der Waals surface area contributed by atoms with E-state index in [1.54, 1.807) is 24.2 Å². The molecule has 0 saturated heterocycles. The van der Waals surface area contributed by atoms with E-state index in [2.05, 4.69) is 9.97 Å². The van der Waals surface area contributed by atoms with Crippen LogP contribution in [0.3, 0.4) is 0 Å². The van der Waals surface area contributed by atoms with Crippen LogP contribution in [0.15, 0.2) is 47.9 Å². The van der Waals surface area contributed by atoms with Crippen molar-refractivity contribution in [3.05, 3.63) is 53.6 Å². The molecule has 2 aromatic rings. The number of hydrogen-bond acceptors (Lipinski definition) is 4. The van der Waals surface area contributed by atoms with Crippen molar-refractivity contribution in [3.63, 3.8) is 0 Å². The van der Waals surface area contributed by atoms with Crippen LogP contribution < -0.4 is 0 Å². The van der Waals surface area contributed by atoms with Gasteiger partial charge in [0.15, 0.2) is 5.78 Å². The third-order valence-electron chi connectivity index (χ3n) is 2.68. The van der Waals surface area contributed by atoms with Crippen molar-refractivity contribution in [1.82, 2.24) is 9.97 Å². The molecule has 0 fully saturated rings. The van der Waals surface area contributed by atoms with Gasteiger partial charge in [-0.15, -0.1) is 11.8 Å². The summed E-state index contributed by atoms with van der Waals surface area (Å²) in [6.45, 7) is 4.10. The predicted molar refractivity (Wildman–Crippen MR) is 82.4 cm³/mol. The highest BCUT2D eigenvalue weighted by atomic mass is 35.5. The highest BCUT2D eigenvalue weighted by Gasteiger charge is 2.24. The summed E-state index contributed by atoms with van der Waals surface area (Å²) in [4.78, 5) is 21.0. The molecule has 0 radical (unpaired) electrons. The van der Waals surface area contributed by atoms with Gasteiger partial charge in [0.05, 0.1) is 5.56 Å². The standard InChI is InChI=1S/C15H15ClN2OS/c1-15(2,20-13-5-3-12(16)4-6-13)7-14(19)11-8-17-10-18-9-11/h3-6,8-10H,7H2,1-2H3. The zero-order valence-corrected chi connectivity index (χ0v) is 12.9. The van der Waals surface area contributed by atoms with Gasteiger partial charge in [0, 0.05) is 33.5 Å². The maximum atomic E-state index is 12.2. The normalized spacial score (nSPS) is 11.3. The first-order valence-electron chi connectivity index (χ1n) is 6.19. The largest absolute Gasteiger partial charge is 0.294 e. The van der Waals surface area contributed by atoms with Crippen LogP contribution in [0.5, 0.6) is 0 Å². The van der Waals surface area contributed by atoms with Crippen molar-refractivity contribution in [1.29, 1.82) is 0 Å².